The third-order valence-electron chi connectivity index (χ3n) is 4.56. The number of benzene rings is 2. The number of sulfonamides is 1. The van der Waals surface area contributed by atoms with Crippen molar-refractivity contribution in [3.05, 3.63) is 76.8 Å². The van der Waals surface area contributed by atoms with Crippen LogP contribution in [0, 0.1) is 0 Å². The summed E-state index contributed by atoms with van der Waals surface area (Å²) in [6, 6.07) is 15.0. The van der Waals surface area contributed by atoms with E-state index in [1.807, 2.05) is 42.5 Å². The summed E-state index contributed by atoms with van der Waals surface area (Å²) in [5.74, 6) is 0. The van der Waals surface area contributed by atoms with Gasteiger partial charge in [-0.25, -0.2) is 18.1 Å². The van der Waals surface area contributed by atoms with Crippen molar-refractivity contribution in [1.82, 2.24) is 14.7 Å². The van der Waals surface area contributed by atoms with Gasteiger partial charge in [0.1, 0.15) is 4.90 Å². The minimum Gasteiger partial charge on any atom is -0.363 e. The number of nitrogens with zero attached hydrogens (tertiary/aromatic N) is 2. The summed E-state index contributed by atoms with van der Waals surface area (Å²) in [5.41, 5.74) is 2.72. The van der Waals surface area contributed by atoms with E-state index in [1.165, 1.54) is 0 Å². The van der Waals surface area contributed by atoms with Crippen molar-refractivity contribution in [2.75, 3.05) is 11.4 Å². The molecule has 1 aliphatic heterocycles. The fraction of sp³-hybridized carbons (Fsp3) is 0.211. The minimum absolute atomic E-state index is 0.244. The van der Waals surface area contributed by atoms with Gasteiger partial charge in [0.25, 0.3) is 0 Å². The molecule has 3 aromatic rings. The average Bonchev–Trinajstić information content (AvgIpc) is 3.11. The van der Waals surface area contributed by atoms with Crippen LogP contribution in [0.2, 0.25) is 0 Å². The molecule has 0 fully saturated rings. The van der Waals surface area contributed by atoms with Crippen molar-refractivity contribution in [2.45, 2.75) is 23.9 Å². The second-order valence-corrected chi connectivity index (χ2v) is 9.18. The van der Waals surface area contributed by atoms with E-state index in [0.29, 0.717) is 25.2 Å². The summed E-state index contributed by atoms with van der Waals surface area (Å²) < 4.78 is 29.6. The van der Waals surface area contributed by atoms with E-state index in [1.54, 1.807) is 18.6 Å². The number of anilines is 1. The predicted octanol–water partition coefficient (Wildman–Crippen LogP) is 3.08. The number of halogens is 1. The summed E-state index contributed by atoms with van der Waals surface area (Å²) in [7, 11) is -3.63. The number of aromatic nitrogens is 2. The standard InChI is InChI=1S/C19H19BrN4O2S/c20-15-6-7-18-19(9-15)27(25,26)23-16(8-14-4-2-1-3-5-14)11-24(18)12-17-10-21-13-22-17/h1-7,9-10,13,16,23H,8,11-12H2,(H,21,22). The van der Waals surface area contributed by atoms with Gasteiger partial charge in [0.05, 0.1) is 24.3 Å². The molecular weight excluding hydrogens is 428 g/mol. The smallest absolute Gasteiger partial charge is 0.242 e. The monoisotopic (exact) mass is 446 g/mol. The zero-order chi connectivity index (χ0) is 18.9. The molecule has 0 aliphatic carbocycles. The normalized spacial score (nSPS) is 18.7. The summed E-state index contributed by atoms with van der Waals surface area (Å²) in [6.45, 7) is 1.11. The number of H-pyrrole nitrogens is 1. The Labute approximate surface area is 166 Å². The Bertz CT molecular complexity index is 1020. The molecule has 1 aromatic heterocycles. The molecular formula is C19H19BrN4O2S. The van der Waals surface area contributed by atoms with E-state index in [9.17, 15) is 8.42 Å². The Morgan fingerprint density at radius 1 is 1.19 bits per heavy atom. The molecule has 1 unspecified atom stereocenters. The third kappa shape index (κ3) is 4.07. The second kappa shape index (κ2) is 7.46. The van der Waals surface area contributed by atoms with Crippen LogP contribution in [0.1, 0.15) is 11.3 Å². The lowest BCUT2D eigenvalue weighted by atomic mass is 10.1. The summed E-state index contributed by atoms with van der Waals surface area (Å²) >= 11 is 3.39. The highest BCUT2D eigenvalue weighted by molar-refractivity contribution is 9.10. The van der Waals surface area contributed by atoms with Crippen LogP contribution in [-0.2, 0) is 23.0 Å². The average molecular weight is 447 g/mol. The Kier molecular flexibility index (Phi) is 5.03. The topological polar surface area (TPSA) is 78.1 Å². The van der Waals surface area contributed by atoms with E-state index in [4.69, 9.17) is 0 Å². The number of hydrogen-bond donors (Lipinski definition) is 2. The summed E-state index contributed by atoms with van der Waals surface area (Å²) in [4.78, 5) is 9.54. The molecule has 140 valence electrons. The molecule has 6 nitrogen and oxygen atoms in total. The lowest BCUT2D eigenvalue weighted by molar-refractivity contribution is 0.546. The molecule has 2 aromatic carbocycles. The van der Waals surface area contributed by atoms with Crippen molar-refractivity contribution in [2.24, 2.45) is 0 Å². The Hall–Kier alpha value is -2.16. The molecule has 8 heteroatoms. The highest BCUT2D eigenvalue weighted by Gasteiger charge is 2.31. The molecule has 0 saturated carbocycles. The number of nitrogens with one attached hydrogen (secondary N) is 2. The molecule has 4 rings (SSSR count). The van der Waals surface area contributed by atoms with Gasteiger partial charge in [-0.1, -0.05) is 46.3 Å². The maximum atomic E-state index is 13.0. The van der Waals surface area contributed by atoms with E-state index in [0.717, 1.165) is 15.7 Å². The van der Waals surface area contributed by atoms with Crippen molar-refractivity contribution in [3.63, 3.8) is 0 Å². The van der Waals surface area contributed by atoms with Crippen molar-refractivity contribution in [3.8, 4) is 0 Å². The zero-order valence-electron chi connectivity index (χ0n) is 14.5. The first-order chi connectivity index (χ1) is 13.0. The number of imidazole rings is 1. The van der Waals surface area contributed by atoms with Gasteiger partial charge >= 0.3 is 0 Å². The van der Waals surface area contributed by atoms with Gasteiger partial charge in [0.2, 0.25) is 10.0 Å². The lowest BCUT2D eigenvalue weighted by Gasteiger charge is -2.26. The van der Waals surface area contributed by atoms with Crippen LogP contribution in [-0.4, -0.2) is 31.0 Å². The highest BCUT2D eigenvalue weighted by atomic mass is 79.9. The molecule has 0 bridgehead atoms. The van der Waals surface area contributed by atoms with E-state index in [2.05, 4.69) is 35.5 Å². The molecule has 0 saturated heterocycles. The first-order valence-corrected chi connectivity index (χ1v) is 10.9. The fourth-order valence-corrected chi connectivity index (χ4v) is 5.37. The molecule has 0 amide bonds. The number of hydrogen-bond acceptors (Lipinski definition) is 4. The maximum absolute atomic E-state index is 13.0. The molecule has 2 N–H and O–H groups in total. The summed E-state index contributed by atoms with van der Waals surface area (Å²) in [6.07, 6.45) is 4.01. The summed E-state index contributed by atoms with van der Waals surface area (Å²) in [5, 5.41) is 0. The Morgan fingerprint density at radius 2 is 2.00 bits per heavy atom. The second-order valence-electron chi connectivity index (χ2n) is 6.58. The van der Waals surface area contributed by atoms with Gasteiger partial charge in [0, 0.05) is 23.3 Å². The van der Waals surface area contributed by atoms with Crippen LogP contribution in [0.3, 0.4) is 0 Å². The van der Waals surface area contributed by atoms with Crippen LogP contribution in [0.5, 0.6) is 0 Å². The number of rotatable bonds is 4. The van der Waals surface area contributed by atoms with Crippen LogP contribution in [0.15, 0.2) is 70.4 Å². The number of aromatic amines is 1. The van der Waals surface area contributed by atoms with Crippen LogP contribution >= 0.6 is 15.9 Å². The predicted molar refractivity (Wildman–Crippen MR) is 108 cm³/mol. The minimum atomic E-state index is -3.63. The van der Waals surface area contributed by atoms with Crippen molar-refractivity contribution in [1.29, 1.82) is 0 Å². The van der Waals surface area contributed by atoms with Gasteiger partial charge in [-0.3, -0.25) is 0 Å². The lowest BCUT2D eigenvalue weighted by Crippen LogP contribution is -2.41. The number of fused-ring (bicyclic) bond motifs is 1. The van der Waals surface area contributed by atoms with E-state index < -0.39 is 10.0 Å². The largest absolute Gasteiger partial charge is 0.363 e. The molecule has 0 radical (unpaired) electrons. The van der Waals surface area contributed by atoms with Gasteiger partial charge in [0.15, 0.2) is 0 Å². The van der Waals surface area contributed by atoms with Crippen molar-refractivity contribution < 1.29 is 8.42 Å². The molecule has 27 heavy (non-hydrogen) atoms. The molecule has 0 spiro atoms. The molecule has 2 heterocycles. The van der Waals surface area contributed by atoms with Crippen LogP contribution in [0.25, 0.3) is 0 Å². The Balaban J connectivity index is 1.73. The van der Waals surface area contributed by atoms with Crippen LogP contribution in [0.4, 0.5) is 5.69 Å². The van der Waals surface area contributed by atoms with Crippen LogP contribution < -0.4 is 9.62 Å². The molecule has 1 aliphatic rings. The fourth-order valence-electron chi connectivity index (χ4n) is 3.38. The van der Waals surface area contributed by atoms with Gasteiger partial charge in [-0.15, -0.1) is 0 Å². The van der Waals surface area contributed by atoms with Crippen molar-refractivity contribution >= 4 is 31.6 Å². The quantitative estimate of drug-likeness (QED) is 0.645. The van der Waals surface area contributed by atoms with E-state index >= 15 is 0 Å². The highest BCUT2D eigenvalue weighted by Crippen LogP contribution is 2.32. The van der Waals surface area contributed by atoms with Gasteiger partial charge in [-0.05, 0) is 30.2 Å². The van der Waals surface area contributed by atoms with Gasteiger partial charge < -0.3 is 9.88 Å². The first kappa shape index (κ1) is 18.2. The SMILES string of the molecule is O=S1(=O)NC(Cc2ccccc2)CN(Cc2cnc[nH]2)c2ccc(Br)cc21. The maximum Gasteiger partial charge on any atom is 0.242 e. The zero-order valence-corrected chi connectivity index (χ0v) is 16.9. The van der Waals surface area contributed by atoms with Gasteiger partial charge in [-0.2, -0.15) is 0 Å². The third-order valence-corrected chi connectivity index (χ3v) is 6.60. The first-order valence-electron chi connectivity index (χ1n) is 8.59. The van der Waals surface area contributed by atoms with E-state index in [-0.39, 0.29) is 10.9 Å². The Morgan fingerprint density at radius 3 is 2.74 bits per heavy atom. The molecule has 1 atom stereocenters.